The molecule has 4 fully saturated rings. The van der Waals surface area contributed by atoms with E-state index < -0.39 is 18.1 Å². The number of aromatic amines is 1. The van der Waals surface area contributed by atoms with Gasteiger partial charge in [-0.2, -0.15) is 0 Å². The number of nitrogens with one attached hydrogen (secondary N) is 2. The van der Waals surface area contributed by atoms with Gasteiger partial charge in [0, 0.05) is 106 Å². The predicted molar refractivity (Wildman–Crippen MR) is 310 cm³/mol. The highest BCUT2D eigenvalue weighted by Crippen LogP contribution is 2.38. The first-order valence-corrected chi connectivity index (χ1v) is 29.7. The number of aliphatic hydroxyl groups is 1. The molecule has 1 aliphatic carbocycles. The van der Waals surface area contributed by atoms with E-state index in [1.165, 1.54) is 17.7 Å². The van der Waals surface area contributed by atoms with Crippen LogP contribution in [0.1, 0.15) is 93.0 Å². The number of thiazole rings is 1. The number of anilines is 2. The summed E-state index contributed by atoms with van der Waals surface area (Å²) in [4.78, 5) is 65.6. The van der Waals surface area contributed by atoms with Gasteiger partial charge < -0.3 is 49.4 Å². The maximum Gasteiger partial charge on any atom is 0.253 e. The Balaban J connectivity index is 0.575. The molecule has 5 aliphatic rings. The van der Waals surface area contributed by atoms with Crippen LogP contribution in [-0.4, -0.2) is 151 Å². The monoisotopic (exact) mass is 1120 g/mol. The third-order valence-corrected chi connectivity index (χ3v) is 18.5. The molecule has 9 heterocycles. The van der Waals surface area contributed by atoms with Crippen molar-refractivity contribution in [1.82, 2.24) is 50.3 Å². The number of para-hydroxylation sites is 1. The highest BCUT2D eigenvalue weighted by molar-refractivity contribution is 7.13. The Morgan fingerprint density at radius 1 is 0.864 bits per heavy atom. The highest BCUT2D eigenvalue weighted by atomic mass is 32.1. The SMILES string of the molecule is Cc1ncsc1-c1ccc([C@H](C)NC(=O)[C@@H]2C[C@@H](O)CN2C(=O)C(c2cc(N3CCN(CC4CCN(C[C@H]5C[C@H](Oc6cc(N7CCc8c(c9cc(-c%10ccccc%10O)nnc9[nH]c8=O)C7)ccn6)C5)CC4)CC3)no2)C(C)C)cc1. The second kappa shape index (κ2) is 23.3. The van der Waals surface area contributed by atoms with E-state index in [1.807, 2.05) is 87.8 Å². The molecule has 2 aromatic carbocycles. The smallest absolute Gasteiger partial charge is 0.253 e. The van der Waals surface area contributed by atoms with E-state index in [4.69, 9.17) is 9.26 Å². The van der Waals surface area contributed by atoms with Crippen LogP contribution in [0, 0.1) is 24.7 Å². The van der Waals surface area contributed by atoms with Crippen LogP contribution in [0.15, 0.2) is 93.8 Å². The fourth-order valence-electron chi connectivity index (χ4n) is 12.9. The molecule has 0 bridgehead atoms. The predicted octanol–water partition coefficient (Wildman–Crippen LogP) is 7.34. The molecule has 1 saturated carbocycles. The van der Waals surface area contributed by atoms with Crippen molar-refractivity contribution in [3.63, 3.8) is 0 Å². The number of β-amino-alcohol motifs (C(OH)–C–C–N with tert-alkyl or cyclic N) is 1. The molecule has 3 saturated heterocycles. The van der Waals surface area contributed by atoms with Crippen LogP contribution in [0.5, 0.6) is 11.6 Å². The Morgan fingerprint density at radius 3 is 2.38 bits per heavy atom. The van der Waals surface area contributed by atoms with Crippen molar-refractivity contribution in [3.05, 3.63) is 123 Å². The van der Waals surface area contributed by atoms with Gasteiger partial charge in [0.15, 0.2) is 17.2 Å². The van der Waals surface area contributed by atoms with Gasteiger partial charge in [0.05, 0.1) is 33.9 Å². The number of carbonyl (C=O) groups is 2. The summed E-state index contributed by atoms with van der Waals surface area (Å²) in [5, 5.41) is 38.4. The molecule has 4 N–H and O–H groups in total. The minimum Gasteiger partial charge on any atom is -0.507 e. The van der Waals surface area contributed by atoms with E-state index >= 15 is 0 Å². The van der Waals surface area contributed by atoms with Gasteiger partial charge in [-0.1, -0.05) is 55.4 Å². The van der Waals surface area contributed by atoms with Gasteiger partial charge in [0.25, 0.3) is 5.56 Å². The van der Waals surface area contributed by atoms with Crippen LogP contribution in [0.25, 0.3) is 32.7 Å². The van der Waals surface area contributed by atoms with Crippen LogP contribution in [-0.2, 0) is 22.6 Å². The van der Waals surface area contributed by atoms with Crippen LogP contribution < -0.4 is 25.4 Å². The topological polar surface area (TPSA) is 223 Å². The summed E-state index contributed by atoms with van der Waals surface area (Å²) in [6, 6.07) is 21.9. The number of hydrogen-bond acceptors (Lipinski definition) is 17. The average molecular weight is 1120 g/mol. The first-order valence-electron chi connectivity index (χ1n) is 28.8. The van der Waals surface area contributed by atoms with E-state index in [0.717, 1.165) is 115 Å². The Bertz CT molecular complexity index is 3440. The van der Waals surface area contributed by atoms with Crippen LogP contribution in [0.3, 0.4) is 0 Å². The van der Waals surface area contributed by atoms with E-state index in [-0.39, 0.29) is 54.2 Å². The van der Waals surface area contributed by atoms with Crippen molar-refractivity contribution in [2.75, 3.05) is 75.2 Å². The zero-order chi connectivity index (χ0) is 55.9. The molecule has 5 aromatic heterocycles. The number of carbonyl (C=O) groups excluding carboxylic acids is 2. The maximum atomic E-state index is 14.4. The number of nitrogens with zero attached hydrogens (tertiary/aromatic N) is 10. The Labute approximate surface area is 475 Å². The summed E-state index contributed by atoms with van der Waals surface area (Å²) in [6.45, 7) is 17.0. The van der Waals surface area contributed by atoms with E-state index in [1.54, 1.807) is 35.7 Å². The molecule has 4 aliphatic heterocycles. The largest absolute Gasteiger partial charge is 0.507 e. The van der Waals surface area contributed by atoms with Crippen molar-refractivity contribution in [1.29, 1.82) is 0 Å². The molecular weight excluding hydrogens is 1040 g/mol. The van der Waals surface area contributed by atoms with Crippen molar-refractivity contribution in [2.45, 2.75) is 103 Å². The molecule has 20 heteroatoms. The van der Waals surface area contributed by atoms with Crippen molar-refractivity contribution >= 4 is 45.7 Å². The highest BCUT2D eigenvalue weighted by Gasteiger charge is 2.44. The number of aliphatic hydroxyl groups excluding tert-OH is 1. The Kier molecular flexibility index (Phi) is 15.6. The van der Waals surface area contributed by atoms with Gasteiger partial charge in [-0.25, -0.2) is 9.97 Å². The summed E-state index contributed by atoms with van der Waals surface area (Å²) in [6.07, 6.45) is 6.28. The summed E-state index contributed by atoms with van der Waals surface area (Å²) < 4.78 is 12.4. The number of aryl methyl sites for hydroxylation is 1. The lowest BCUT2D eigenvalue weighted by atomic mass is 9.81. The average Bonchev–Trinajstić information content (AvgIpc) is 4.27. The first kappa shape index (κ1) is 54.3. The number of fused-ring (bicyclic) bond motifs is 3. The van der Waals surface area contributed by atoms with Gasteiger partial charge in [0.2, 0.25) is 17.7 Å². The number of pyridine rings is 2. The molecule has 7 aromatic rings. The maximum absolute atomic E-state index is 14.4. The fraction of sp³-hybridized carbons (Fsp3) is 0.475. The van der Waals surface area contributed by atoms with Crippen molar-refractivity contribution < 1.29 is 29.1 Å². The number of rotatable bonds is 16. The summed E-state index contributed by atoms with van der Waals surface area (Å²) >= 11 is 1.60. The van der Waals surface area contributed by atoms with Crippen molar-refractivity contribution in [3.8, 4) is 33.3 Å². The summed E-state index contributed by atoms with van der Waals surface area (Å²) in [5.74, 6) is 1.89. The number of amides is 2. The zero-order valence-electron chi connectivity index (χ0n) is 46.5. The number of aromatic nitrogens is 6. The van der Waals surface area contributed by atoms with E-state index in [9.17, 15) is 24.6 Å². The van der Waals surface area contributed by atoms with E-state index in [2.05, 4.69) is 55.2 Å². The molecule has 2 amide bonds. The number of piperidine rings is 1. The van der Waals surface area contributed by atoms with Gasteiger partial charge in [-0.15, -0.1) is 21.5 Å². The lowest BCUT2D eigenvalue weighted by molar-refractivity contribution is -0.141. The second-order valence-corrected chi connectivity index (χ2v) is 24.2. The molecule has 19 nitrogen and oxygen atoms in total. The van der Waals surface area contributed by atoms with Gasteiger partial charge >= 0.3 is 0 Å². The van der Waals surface area contributed by atoms with Crippen LogP contribution in [0.4, 0.5) is 11.5 Å². The molecular formula is C61H72N12O7S. The molecule has 1 unspecified atom stereocenters. The molecule has 0 radical (unpaired) electrons. The molecule has 424 valence electrons. The van der Waals surface area contributed by atoms with Gasteiger partial charge in [-0.3, -0.25) is 19.3 Å². The number of H-pyrrole nitrogens is 1. The standard InChI is InChI=1S/C61H72N12O7S/c1-36(2)56(61(78)73-33-44(74)28-51(73)60(77)64-37(3)41-9-11-42(12-10-41)57-38(4)63-35-81-57)53-30-54(68-80-53)71-23-21-70(22-24-71)31-39-14-18-69(19-15-39)32-40-25-45(26-40)79-55-27-43(13-17-62-55)72-20-16-46-49(34-72)48-29-50(47-7-5-6-8-52(47)75)66-67-58(48)65-59(46)76/h5-13,17,27,29-30,35-37,39-40,44-45,51,56,74-75H,14-16,18-26,28,31-34H2,1-4H3,(H,64,77)(H,65,67,76)/t37-,40-,44+,45-,51-,56?/m0/s1. The van der Waals surface area contributed by atoms with Crippen LogP contribution >= 0.6 is 11.3 Å². The minimum absolute atomic E-state index is 0.0814. The molecule has 12 rings (SSSR count). The molecule has 81 heavy (non-hydrogen) atoms. The normalized spacial score (nSPS) is 21.7. The Morgan fingerprint density at radius 2 is 1.63 bits per heavy atom. The molecule has 4 atom stereocenters. The molecule has 0 spiro atoms. The third-order valence-electron chi connectivity index (χ3n) is 17.5. The summed E-state index contributed by atoms with van der Waals surface area (Å²) in [5.41, 5.74) is 8.92. The second-order valence-electron chi connectivity index (χ2n) is 23.4. The number of benzene rings is 2. The number of phenolic OH excluding ortho intramolecular Hbond substituents is 1. The lowest BCUT2D eigenvalue weighted by Crippen LogP contribution is -2.49. The fourth-order valence-corrected chi connectivity index (χ4v) is 13.7. The number of ether oxygens (including phenoxy) is 1. The van der Waals surface area contributed by atoms with E-state index in [0.29, 0.717) is 59.9 Å². The third kappa shape index (κ3) is 11.7. The first-order chi connectivity index (χ1) is 39.3. The van der Waals surface area contributed by atoms with Crippen molar-refractivity contribution in [2.24, 2.45) is 17.8 Å². The lowest BCUT2D eigenvalue weighted by Gasteiger charge is -2.42. The van der Waals surface area contributed by atoms with Gasteiger partial charge in [0.1, 0.15) is 23.8 Å². The summed E-state index contributed by atoms with van der Waals surface area (Å²) in [7, 11) is 0. The quantitative estimate of drug-likeness (QED) is 0.0743. The van der Waals surface area contributed by atoms with Crippen LogP contribution in [0.2, 0.25) is 0 Å². The number of likely N-dealkylation sites (tertiary alicyclic amines) is 2. The zero-order valence-corrected chi connectivity index (χ0v) is 47.4. The Hall–Kier alpha value is -7.26. The number of aromatic hydroxyl groups is 1. The number of hydrogen-bond donors (Lipinski definition) is 4. The number of piperazine rings is 1. The van der Waals surface area contributed by atoms with Gasteiger partial charge in [-0.05, 0) is 118 Å². The minimum atomic E-state index is -0.806. The number of phenols is 1.